The van der Waals surface area contributed by atoms with Gasteiger partial charge < -0.3 is 0 Å². The lowest BCUT2D eigenvalue weighted by Crippen LogP contribution is -2.02. The van der Waals surface area contributed by atoms with Crippen LogP contribution in [-0.4, -0.2) is 6.21 Å². The first-order chi connectivity index (χ1) is 4.72. The van der Waals surface area contributed by atoms with Crippen LogP contribution in [0.15, 0.2) is 28.0 Å². The van der Waals surface area contributed by atoms with Crippen LogP contribution in [-0.2, 0) is 0 Å². The highest BCUT2D eigenvalue weighted by Gasteiger charge is 1.99. The maximum atomic E-state index is 3.94. The summed E-state index contributed by atoms with van der Waals surface area (Å²) < 4.78 is 0. The van der Waals surface area contributed by atoms with Gasteiger partial charge in [-0.25, -0.2) is 0 Å². The smallest absolute Gasteiger partial charge is 0.0474 e. The van der Waals surface area contributed by atoms with Crippen molar-refractivity contribution in [3.8, 4) is 0 Å². The Balaban J connectivity index is 3.00. The topological polar surface area (TPSA) is 24.4 Å². The van der Waals surface area contributed by atoms with Crippen molar-refractivity contribution in [3.63, 3.8) is 0 Å². The molecule has 1 aliphatic rings. The lowest BCUT2D eigenvalue weighted by atomic mass is 10.1. The highest BCUT2D eigenvalue weighted by Crippen LogP contribution is 2.12. The van der Waals surface area contributed by atoms with Gasteiger partial charge in [-0.1, -0.05) is 0 Å². The Kier molecular flexibility index (Phi) is 1.90. The third-order valence-corrected chi connectivity index (χ3v) is 1.79. The summed E-state index contributed by atoms with van der Waals surface area (Å²) in [4.78, 5) is 0. The predicted molar refractivity (Wildman–Crippen MR) is 43.8 cm³/mol. The number of nitrogens with one attached hydrogen (secondary N) is 1. The van der Waals surface area contributed by atoms with Crippen molar-refractivity contribution in [3.05, 3.63) is 22.9 Å². The summed E-state index contributed by atoms with van der Waals surface area (Å²) in [5.74, 6) is 0. The van der Waals surface area contributed by atoms with Crippen molar-refractivity contribution in [1.29, 1.82) is 0 Å². The highest BCUT2D eigenvalue weighted by molar-refractivity contribution is 5.74. The second-order valence-corrected chi connectivity index (χ2v) is 2.49. The quantitative estimate of drug-likeness (QED) is 0.539. The Morgan fingerprint density at radius 2 is 2.00 bits per heavy atom. The van der Waals surface area contributed by atoms with Gasteiger partial charge in [0.1, 0.15) is 0 Å². The fourth-order valence-electron chi connectivity index (χ4n) is 0.788. The molecule has 0 aromatic carbocycles. The highest BCUT2D eigenvalue weighted by atomic mass is 15.3. The summed E-state index contributed by atoms with van der Waals surface area (Å²) in [5, 5.41) is 3.94. The van der Waals surface area contributed by atoms with Gasteiger partial charge in [-0.3, -0.25) is 5.43 Å². The van der Waals surface area contributed by atoms with Crippen LogP contribution in [0.3, 0.4) is 0 Å². The number of allylic oxidation sites excluding steroid dienone is 4. The standard InChI is InChI=1S/C8H12N2/c1-6-4-5-9-10-8(3)7(6)2/h4-5,10H,1-3H3. The van der Waals surface area contributed by atoms with Crippen molar-refractivity contribution in [1.82, 2.24) is 5.43 Å². The number of nitrogens with zero attached hydrogens (tertiary/aromatic N) is 1. The zero-order valence-electron chi connectivity index (χ0n) is 6.60. The van der Waals surface area contributed by atoms with Crippen LogP contribution >= 0.6 is 0 Å². The van der Waals surface area contributed by atoms with Crippen LogP contribution in [0.25, 0.3) is 0 Å². The summed E-state index contributed by atoms with van der Waals surface area (Å²) in [6.07, 6.45) is 3.77. The first kappa shape index (κ1) is 7.06. The lowest BCUT2D eigenvalue weighted by molar-refractivity contribution is 0.881. The number of hydrogen-bond acceptors (Lipinski definition) is 2. The van der Waals surface area contributed by atoms with Gasteiger partial charge in [0.15, 0.2) is 0 Å². The molecule has 1 heterocycles. The minimum absolute atomic E-state index is 1.13. The maximum absolute atomic E-state index is 3.94. The number of rotatable bonds is 0. The minimum atomic E-state index is 1.13. The lowest BCUT2D eigenvalue weighted by Gasteiger charge is -2.03. The van der Waals surface area contributed by atoms with Gasteiger partial charge in [-0.05, 0) is 38.0 Å². The van der Waals surface area contributed by atoms with E-state index in [1.807, 2.05) is 13.0 Å². The molecule has 10 heavy (non-hydrogen) atoms. The molecule has 0 saturated carbocycles. The largest absolute Gasteiger partial charge is 0.283 e. The Hall–Kier alpha value is -1.05. The molecule has 0 aromatic rings. The van der Waals surface area contributed by atoms with Crippen molar-refractivity contribution >= 4 is 6.21 Å². The van der Waals surface area contributed by atoms with E-state index < -0.39 is 0 Å². The molecule has 1 rings (SSSR count). The van der Waals surface area contributed by atoms with Crippen molar-refractivity contribution in [2.75, 3.05) is 0 Å². The summed E-state index contributed by atoms with van der Waals surface area (Å²) in [6, 6.07) is 0. The van der Waals surface area contributed by atoms with Gasteiger partial charge >= 0.3 is 0 Å². The predicted octanol–water partition coefficient (Wildman–Crippen LogP) is 1.82. The van der Waals surface area contributed by atoms with Gasteiger partial charge in [0.05, 0.1) is 0 Å². The molecular weight excluding hydrogens is 124 g/mol. The molecule has 0 aliphatic carbocycles. The summed E-state index contributed by atoms with van der Waals surface area (Å²) in [5.41, 5.74) is 6.59. The van der Waals surface area contributed by atoms with Crippen LogP contribution in [0.5, 0.6) is 0 Å². The van der Waals surface area contributed by atoms with Crippen LogP contribution in [0.2, 0.25) is 0 Å². The number of hydrogen-bond donors (Lipinski definition) is 1. The summed E-state index contributed by atoms with van der Waals surface area (Å²) in [7, 11) is 0. The Morgan fingerprint density at radius 3 is 2.70 bits per heavy atom. The van der Waals surface area contributed by atoms with Crippen LogP contribution in [0, 0.1) is 0 Å². The summed E-state index contributed by atoms with van der Waals surface area (Å²) >= 11 is 0. The Morgan fingerprint density at radius 1 is 1.30 bits per heavy atom. The van der Waals surface area contributed by atoms with E-state index >= 15 is 0 Å². The fraction of sp³-hybridized carbons (Fsp3) is 0.375. The first-order valence-electron chi connectivity index (χ1n) is 3.35. The monoisotopic (exact) mass is 136 g/mol. The van der Waals surface area contributed by atoms with E-state index in [2.05, 4.69) is 24.4 Å². The second kappa shape index (κ2) is 2.69. The third kappa shape index (κ3) is 1.26. The molecule has 2 nitrogen and oxygen atoms in total. The van der Waals surface area contributed by atoms with E-state index in [9.17, 15) is 0 Å². The van der Waals surface area contributed by atoms with Gasteiger partial charge in [0.25, 0.3) is 0 Å². The maximum Gasteiger partial charge on any atom is 0.0474 e. The molecule has 1 N–H and O–H groups in total. The summed E-state index contributed by atoms with van der Waals surface area (Å²) in [6.45, 7) is 6.19. The average Bonchev–Trinajstić information content (AvgIpc) is 2.04. The molecular formula is C8H12N2. The molecule has 0 saturated heterocycles. The van der Waals surface area contributed by atoms with Gasteiger partial charge in [-0.15, -0.1) is 0 Å². The minimum Gasteiger partial charge on any atom is -0.283 e. The molecule has 0 aromatic heterocycles. The molecule has 1 aliphatic heterocycles. The van der Waals surface area contributed by atoms with Crippen molar-refractivity contribution in [2.24, 2.45) is 5.10 Å². The van der Waals surface area contributed by atoms with Crippen molar-refractivity contribution < 1.29 is 0 Å². The van der Waals surface area contributed by atoms with Crippen LogP contribution < -0.4 is 5.43 Å². The van der Waals surface area contributed by atoms with Crippen LogP contribution in [0.1, 0.15) is 20.8 Å². The molecule has 2 heteroatoms. The van der Waals surface area contributed by atoms with Gasteiger partial charge in [-0.2, -0.15) is 5.10 Å². The molecule has 0 atom stereocenters. The van der Waals surface area contributed by atoms with E-state index in [1.165, 1.54) is 11.1 Å². The third-order valence-electron chi connectivity index (χ3n) is 1.79. The second-order valence-electron chi connectivity index (χ2n) is 2.49. The molecule has 0 bridgehead atoms. The Labute approximate surface area is 61.3 Å². The van der Waals surface area contributed by atoms with E-state index in [1.54, 1.807) is 6.21 Å². The zero-order chi connectivity index (χ0) is 7.56. The van der Waals surface area contributed by atoms with Crippen LogP contribution in [0.4, 0.5) is 0 Å². The van der Waals surface area contributed by atoms with Crippen molar-refractivity contribution in [2.45, 2.75) is 20.8 Å². The zero-order valence-corrected chi connectivity index (χ0v) is 6.60. The molecule has 0 amide bonds. The molecule has 0 unspecified atom stereocenters. The van der Waals surface area contributed by atoms with E-state index in [0.717, 1.165) is 5.70 Å². The SMILES string of the molecule is CC1=CC=NNC(C)=C1C. The van der Waals surface area contributed by atoms with E-state index in [0.29, 0.717) is 0 Å². The Bertz CT molecular complexity index is 216. The molecule has 0 fully saturated rings. The van der Waals surface area contributed by atoms with Gasteiger partial charge in [0, 0.05) is 11.9 Å². The first-order valence-corrected chi connectivity index (χ1v) is 3.35. The van der Waals surface area contributed by atoms with Gasteiger partial charge in [0.2, 0.25) is 0 Å². The molecule has 0 spiro atoms. The fourth-order valence-corrected chi connectivity index (χ4v) is 0.788. The normalized spacial score (nSPS) is 18.1. The average molecular weight is 136 g/mol. The molecule has 54 valence electrons. The van der Waals surface area contributed by atoms with E-state index in [4.69, 9.17) is 0 Å². The van der Waals surface area contributed by atoms with E-state index in [-0.39, 0.29) is 0 Å². The molecule has 0 radical (unpaired) electrons. The number of hydrazone groups is 1.